The van der Waals surface area contributed by atoms with Crippen LogP contribution in [0.2, 0.25) is 0 Å². The number of rotatable bonds is 6. The van der Waals surface area contributed by atoms with Crippen LogP contribution >= 0.6 is 0 Å². The lowest BCUT2D eigenvalue weighted by Gasteiger charge is -2.12. The summed E-state index contributed by atoms with van der Waals surface area (Å²) in [6, 6.07) is 23.8. The summed E-state index contributed by atoms with van der Waals surface area (Å²) in [5.74, 6) is -0.384. The number of benzene rings is 3. The highest BCUT2D eigenvalue weighted by atomic mass is 32.2. The van der Waals surface area contributed by atoms with Crippen molar-refractivity contribution in [1.82, 2.24) is 4.57 Å². The molecule has 0 fully saturated rings. The van der Waals surface area contributed by atoms with E-state index < -0.39 is 10.0 Å². The lowest BCUT2D eigenvalue weighted by Crippen LogP contribution is -2.16. The van der Waals surface area contributed by atoms with Gasteiger partial charge in [0.2, 0.25) is 10.0 Å². The van der Waals surface area contributed by atoms with Gasteiger partial charge < -0.3 is 15.6 Å². The van der Waals surface area contributed by atoms with Crippen LogP contribution in [0.4, 0.5) is 5.69 Å². The molecule has 0 saturated carbocycles. The average molecular weight is 460 g/mol. The van der Waals surface area contributed by atoms with Crippen LogP contribution in [0.25, 0.3) is 16.8 Å². The fourth-order valence-corrected chi connectivity index (χ4v) is 4.26. The third-order valence-electron chi connectivity index (χ3n) is 5.06. The second kappa shape index (κ2) is 8.73. The number of hydrogen-bond donors (Lipinski definition) is 4. The van der Waals surface area contributed by atoms with Crippen molar-refractivity contribution < 1.29 is 13.2 Å². The fourth-order valence-electron chi connectivity index (χ4n) is 3.50. The van der Waals surface area contributed by atoms with E-state index in [0.29, 0.717) is 33.8 Å². The highest BCUT2D eigenvalue weighted by Gasteiger charge is 2.16. The Morgan fingerprint density at radius 2 is 1.64 bits per heavy atom. The Labute approximate surface area is 191 Å². The van der Waals surface area contributed by atoms with Crippen molar-refractivity contribution in [3.05, 3.63) is 102 Å². The van der Waals surface area contributed by atoms with Crippen molar-refractivity contribution in [3.63, 3.8) is 0 Å². The van der Waals surface area contributed by atoms with Crippen molar-refractivity contribution in [2.24, 2.45) is 10.9 Å². The Kier molecular flexibility index (Phi) is 5.82. The summed E-state index contributed by atoms with van der Waals surface area (Å²) in [7, 11) is -3.87. The molecule has 3 aromatic carbocycles. The zero-order chi connectivity index (χ0) is 23.6. The van der Waals surface area contributed by atoms with Crippen LogP contribution in [0.1, 0.15) is 16.1 Å². The summed E-state index contributed by atoms with van der Waals surface area (Å²) in [5, 5.41) is 15.8. The van der Waals surface area contributed by atoms with E-state index >= 15 is 0 Å². The number of nitrogens with zero attached hydrogens (tertiary/aromatic N) is 1. The molecule has 0 aliphatic heterocycles. The molecule has 4 rings (SSSR count). The summed E-state index contributed by atoms with van der Waals surface area (Å²) in [6.45, 7) is 0. The quantitative estimate of drug-likeness (QED) is 0.259. The number of carbonyl (C=O) groups is 1. The molecule has 0 spiro atoms. The first-order chi connectivity index (χ1) is 15.7. The second-order valence-corrected chi connectivity index (χ2v) is 8.83. The maximum absolute atomic E-state index is 12.9. The molecule has 0 aliphatic rings. The van der Waals surface area contributed by atoms with E-state index in [1.807, 2.05) is 6.07 Å². The van der Waals surface area contributed by atoms with Crippen molar-refractivity contribution in [3.8, 4) is 16.8 Å². The molecule has 9 heteroatoms. The van der Waals surface area contributed by atoms with Crippen molar-refractivity contribution in [2.75, 3.05) is 5.32 Å². The number of anilines is 1. The predicted octanol–water partition coefficient (Wildman–Crippen LogP) is 3.33. The third kappa shape index (κ3) is 4.69. The first kappa shape index (κ1) is 22.0. The fraction of sp³-hybridized carbons (Fsp3) is 0. The van der Waals surface area contributed by atoms with Gasteiger partial charge in [-0.1, -0.05) is 42.5 Å². The van der Waals surface area contributed by atoms with Gasteiger partial charge in [-0.3, -0.25) is 10.2 Å². The summed E-state index contributed by atoms with van der Waals surface area (Å²) in [6.07, 6.45) is 1.75. The maximum atomic E-state index is 12.9. The van der Waals surface area contributed by atoms with Gasteiger partial charge in [-0.25, -0.2) is 13.6 Å². The number of carbonyl (C=O) groups excluding carboxylic acids is 1. The Morgan fingerprint density at radius 1 is 0.909 bits per heavy atom. The standard InChI is InChI=1S/C24H21N5O3S/c25-23(26)17-5-3-6-19(15-17)29-14-4-8-21(29)24(30)28-18-12-10-16(11-13-18)20-7-1-2-9-22(20)33(27,31)32/h1-15H,(H3,25,26)(H,28,30)(H2,27,31,32). The van der Waals surface area contributed by atoms with Crippen molar-refractivity contribution >= 4 is 27.5 Å². The van der Waals surface area contributed by atoms with Crippen molar-refractivity contribution in [1.29, 1.82) is 5.41 Å². The van der Waals surface area contributed by atoms with E-state index in [0.717, 1.165) is 0 Å². The molecule has 0 aliphatic carbocycles. The molecular formula is C24H21N5O3S. The van der Waals surface area contributed by atoms with Crippen molar-refractivity contribution in [2.45, 2.75) is 4.90 Å². The van der Waals surface area contributed by atoms with Crippen LogP contribution < -0.4 is 16.2 Å². The Hall–Kier alpha value is -4.21. The summed E-state index contributed by atoms with van der Waals surface area (Å²) in [4.78, 5) is 13.0. The van der Waals surface area contributed by atoms with Gasteiger partial charge in [0.15, 0.2) is 0 Å². The SMILES string of the molecule is N=C(N)c1cccc(-n2cccc2C(=O)Nc2ccc(-c3ccccc3S(N)(=O)=O)cc2)c1. The number of nitrogens with one attached hydrogen (secondary N) is 2. The van der Waals surface area contributed by atoms with Gasteiger partial charge in [-0.2, -0.15) is 0 Å². The minimum Gasteiger partial charge on any atom is -0.384 e. The first-order valence-electron chi connectivity index (χ1n) is 9.90. The molecule has 1 aromatic heterocycles. The molecule has 1 amide bonds. The largest absolute Gasteiger partial charge is 0.384 e. The highest BCUT2D eigenvalue weighted by molar-refractivity contribution is 7.89. The zero-order valence-corrected chi connectivity index (χ0v) is 18.2. The monoisotopic (exact) mass is 459 g/mol. The van der Waals surface area contributed by atoms with E-state index in [4.69, 9.17) is 16.3 Å². The topological polar surface area (TPSA) is 144 Å². The maximum Gasteiger partial charge on any atom is 0.272 e. The molecule has 0 bridgehead atoms. The number of amides is 1. The lowest BCUT2D eigenvalue weighted by atomic mass is 10.1. The molecule has 6 N–H and O–H groups in total. The van der Waals surface area contributed by atoms with Gasteiger partial charge in [-0.15, -0.1) is 0 Å². The van der Waals surface area contributed by atoms with Crippen LogP contribution in [0.15, 0.2) is 96.0 Å². The molecule has 1 heterocycles. The van der Waals surface area contributed by atoms with Gasteiger partial charge in [0.1, 0.15) is 11.5 Å². The minimum absolute atomic E-state index is 0.0346. The third-order valence-corrected chi connectivity index (χ3v) is 6.03. The number of nitrogens with two attached hydrogens (primary N) is 2. The lowest BCUT2D eigenvalue weighted by molar-refractivity contribution is 0.102. The number of nitrogen functional groups attached to an aromatic ring is 1. The first-order valence-corrected chi connectivity index (χ1v) is 11.4. The van der Waals surface area contributed by atoms with Gasteiger partial charge in [0.05, 0.1) is 4.90 Å². The Balaban J connectivity index is 1.58. The van der Waals surface area contributed by atoms with Gasteiger partial charge in [-0.05, 0) is 48.0 Å². The molecule has 0 atom stereocenters. The van der Waals surface area contributed by atoms with Crippen LogP contribution in [0, 0.1) is 5.41 Å². The highest BCUT2D eigenvalue weighted by Crippen LogP contribution is 2.27. The van der Waals surface area contributed by atoms with E-state index in [-0.39, 0.29) is 16.6 Å². The Bertz CT molecular complexity index is 1460. The molecule has 4 aromatic rings. The number of sulfonamides is 1. The molecule has 8 nitrogen and oxygen atoms in total. The summed E-state index contributed by atoms with van der Waals surface area (Å²) < 4.78 is 25.5. The van der Waals surface area contributed by atoms with Crippen LogP contribution in [-0.4, -0.2) is 24.7 Å². The Morgan fingerprint density at radius 3 is 2.33 bits per heavy atom. The summed E-state index contributed by atoms with van der Waals surface area (Å²) in [5.41, 5.74) is 8.92. The van der Waals surface area contributed by atoms with Gasteiger partial charge in [0, 0.05) is 28.7 Å². The van der Waals surface area contributed by atoms with E-state index in [2.05, 4.69) is 5.32 Å². The second-order valence-electron chi connectivity index (χ2n) is 7.30. The smallest absolute Gasteiger partial charge is 0.272 e. The van der Waals surface area contributed by atoms with Gasteiger partial charge in [0.25, 0.3) is 5.91 Å². The molecule has 0 radical (unpaired) electrons. The van der Waals surface area contributed by atoms with Crippen LogP contribution in [0.3, 0.4) is 0 Å². The molecule has 33 heavy (non-hydrogen) atoms. The number of hydrogen-bond acceptors (Lipinski definition) is 4. The molecular weight excluding hydrogens is 438 g/mol. The number of primary sulfonamides is 1. The predicted molar refractivity (Wildman–Crippen MR) is 128 cm³/mol. The normalized spacial score (nSPS) is 11.2. The molecule has 166 valence electrons. The molecule has 0 saturated heterocycles. The number of amidine groups is 1. The van der Waals surface area contributed by atoms with E-state index in [1.54, 1.807) is 83.6 Å². The molecule has 0 unspecified atom stereocenters. The van der Waals surface area contributed by atoms with Gasteiger partial charge >= 0.3 is 0 Å². The average Bonchev–Trinajstić information content (AvgIpc) is 3.29. The van der Waals surface area contributed by atoms with E-state index in [9.17, 15) is 13.2 Å². The van der Waals surface area contributed by atoms with E-state index in [1.165, 1.54) is 6.07 Å². The number of aromatic nitrogens is 1. The van der Waals surface area contributed by atoms with Crippen LogP contribution in [0.5, 0.6) is 0 Å². The minimum atomic E-state index is -3.87. The zero-order valence-electron chi connectivity index (χ0n) is 17.4. The summed E-state index contributed by atoms with van der Waals surface area (Å²) >= 11 is 0. The van der Waals surface area contributed by atoms with Crippen LogP contribution in [-0.2, 0) is 10.0 Å².